The van der Waals surface area contributed by atoms with Crippen molar-refractivity contribution in [1.82, 2.24) is 0 Å². The first-order chi connectivity index (χ1) is 4.98. The third-order valence-corrected chi connectivity index (χ3v) is 5.91. The molecule has 0 atom stereocenters. The summed E-state index contributed by atoms with van der Waals surface area (Å²) in [5.41, 5.74) is 0. The highest BCUT2D eigenvalue weighted by Crippen LogP contribution is 1.91. The Labute approximate surface area is 62.7 Å². The van der Waals surface area contributed by atoms with Gasteiger partial charge in [-0.1, -0.05) is 0 Å². The molecule has 0 aliphatic carbocycles. The molecule has 0 rings (SSSR count). The zero-order chi connectivity index (χ0) is 9.07. The summed E-state index contributed by atoms with van der Waals surface area (Å²) in [4.78, 5) is 0. The van der Waals surface area contributed by atoms with E-state index in [0.29, 0.717) is 0 Å². The second kappa shape index (κ2) is 4.01. The predicted molar refractivity (Wildman–Crippen MR) is 32.6 cm³/mol. The molecule has 0 saturated heterocycles. The number of hydrogen-bond donors (Lipinski definition) is 2. The Morgan fingerprint density at radius 1 is 1.09 bits per heavy atom. The molecule has 8 nitrogen and oxygen atoms in total. The molecule has 0 bridgehead atoms. The van der Waals surface area contributed by atoms with E-state index in [2.05, 4.69) is 8.67 Å². The maximum atomic E-state index is 10.4. The highest BCUT2D eigenvalue weighted by atomic mass is 33.1. The lowest BCUT2D eigenvalue weighted by Crippen LogP contribution is -2.05. The van der Waals surface area contributed by atoms with Crippen molar-refractivity contribution >= 4 is 26.2 Å². The SMILES string of the molecule is O=S(=O)=S(=O)=S(=O)(OO)OO. The molecule has 0 aliphatic heterocycles. The Morgan fingerprint density at radius 2 is 1.45 bits per heavy atom. The second-order valence-electron chi connectivity index (χ2n) is 0.966. The van der Waals surface area contributed by atoms with Gasteiger partial charge in [-0.25, -0.2) is 10.5 Å². The summed E-state index contributed by atoms with van der Waals surface area (Å²) in [6.45, 7) is 0. The van der Waals surface area contributed by atoms with Crippen molar-refractivity contribution in [3.05, 3.63) is 0 Å². The minimum Gasteiger partial charge on any atom is -0.235 e. The van der Waals surface area contributed by atoms with Crippen LogP contribution in [-0.4, -0.2) is 27.4 Å². The number of rotatable bonds is 2. The zero-order valence-electron chi connectivity index (χ0n) is 4.57. The molecule has 0 radical (unpaired) electrons. The summed E-state index contributed by atoms with van der Waals surface area (Å²) in [6, 6.07) is 0. The first-order valence-corrected chi connectivity index (χ1v) is 6.37. The van der Waals surface area contributed by atoms with Crippen LogP contribution in [0.1, 0.15) is 0 Å². The van der Waals surface area contributed by atoms with Gasteiger partial charge in [-0.05, 0) is 0 Å². The van der Waals surface area contributed by atoms with Gasteiger partial charge in [-0.15, -0.1) is 8.67 Å². The van der Waals surface area contributed by atoms with Crippen LogP contribution in [0.3, 0.4) is 0 Å². The first-order valence-electron chi connectivity index (χ1n) is 1.70. The van der Waals surface area contributed by atoms with Gasteiger partial charge in [0.15, 0.2) is 0 Å². The molecule has 0 aromatic carbocycles. The fourth-order valence-electron chi connectivity index (χ4n) is 0.131. The first kappa shape index (κ1) is 10.8. The van der Waals surface area contributed by atoms with Crippen molar-refractivity contribution in [2.24, 2.45) is 0 Å². The Morgan fingerprint density at radius 3 is 1.55 bits per heavy atom. The van der Waals surface area contributed by atoms with Gasteiger partial charge >= 0.3 is 18.3 Å². The van der Waals surface area contributed by atoms with Crippen molar-refractivity contribution in [2.75, 3.05) is 0 Å². The molecule has 68 valence electrons. The van der Waals surface area contributed by atoms with Gasteiger partial charge in [0, 0.05) is 0 Å². The Bertz CT molecular complexity index is 420. The average molecular weight is 226 g/mol. The monoisotopic (exact) mass is 226 g/mol. The molecular formula is H2O8S3. The fourth-order valence-corrected chi connectivity index (χ4v) is 2.77. The Balaban J connectivity index is 6.30. The molecular weight excluding hydrogens is 224 g/mol. The highest BCUT2D eigenvalue weighted by Gasteiger charge is 2.10. The maximum absolute atomic E-state index is 10.4. The van der Waals surface area contributed by atoms with Crippen LogP contribution >= 0.6 is 0 Å². The van der Waals surface area contributed by atoms with Gasteiger partial charge in [-0.2, -0.15) is 16.8 Å². The van der Waals surface area contributed by atoms with E-state index in [-0.39, 0.29) is 0 Å². The quantitative estimate of drug-likeness (QED) is 0.432. The molecule has 0 aromatic heterocycles. The molecule has 2 N–H and O–H groups in total. The largest absolute Gasteiger partial charge is 0.351 e. The van der Waals surface area contributed by atoms with Crippen LogP contribution in [0, 0.1) is 0 Å². The molecule has 0 aliphatic rings. The summed E-state index contributed by atoms with van der Waals surface area (Å²) in [5, 5.41) is 15.4. The van der Waals surface area contributed by atoms with Crippen LogP contribution in [0.25, 0.3) is 0 Å². The smallest absolute Gasteiger partial charge is 0.235 e. The van der Waals surface area contributed by atoms with Gasteiger partial charge in [0.1, 0.15) is 0 Å². The van der Waals surface area contributed by atoms with Crippen molar-refractivity contribution in [3.63, 3.8) is 0 Å². The maximum Gasteiger partial charge on any atom is 0.351 e. The Kier molecular flexibility index (Phi) is 3.95. The lowest BCUT2D eigenvalue weighted by Gasteiger charge is -1.91. The van der Waals surface area contributed by atoms with Crippen LogP contribution < -0.4 is 0 Å². The third-order valence-electron chi connectivity index (χ3n) is 0.460. The lowest BCUT2D eigenvalue weighted by molar-refractivity contribution is -0.189. The van der Waals surface area contributed by atoms with Crippen molar-refractivity contribution in [1.29, 1.82) is 0 Å². The standard InChI is InChI=1S/H2O8S3/c1-7-11(6,8-2)10(5)9(3)4/h1-2H. The molecule has 0 spiro atoms. The summed E-state index contributed by atoms with van der Waals surface area (Å²) < 4.78 is 46.1. The van der Waals surface area contributed by atoms with E-state index in [0.717, 1.165) is 0 Å². The highest BCUT2D eigenvalue weighted by molar-refractivity contribution is 8.53. The third kappa shape index (κ3) is 2.41. The van der Waals surface area contributed by atoms with E-state index in [1.54, 1.807) is 0 Å². The average Bonchev–Trinajstić information content (AvgIpc) is 2.01. The topological polar surface area (TPSA) is 127 Å². The van der Waals surface area contributed by atoms with E-state index in [1.165, 1.54) is 0 Å². The second-order valence-corrected chi connectivity index (χ2v) is 7.39. The summed E-state index contributed by atoms with van der Waals surface area (Å²) in [7, 11) is -11.1. The van der Waals surface area contributed by atoms with Crippen molar-refractivity contribution < 1.29 is 36.0 Å². The van der Waals surface area contributed by atoms with E-state index in [1.807, 2.05) is 0 Å². The summed E-state index contributed by atoms with van der Waals surface area (Å²) in [5.74, 6) is 0. The summed E-state index contributed by atoms with van der Waals surface area (Å²) >= 11 is 0. The summed E-state index contributed by atoms with van der Waals surface area (Å²) in [6.07, 6.45) is 0. The Hall–Kier alpha value is -0.170. The molecule has 0 unspecified atom stereocenters. The van der Waals surface area contributed by atoms with Crippen LogP contribution in [0.15, 0.2) is 0 Å². The number of hydrogen-bond acceptors (Lipinski definition) is 8. The van der Waals surface area contributed by atoms with Crippen LogP contribution in [0.4, 0.5) is 0 Å². The minimum absolute atomic E-state index is 2.87. The molecule has 0 heterocycles. The van der Waals surface area contributed by atoms with Crippen molar-refractivity contribution in [2.45, 2.75) is 0 Å². The fraction of sp³-hybridized carbons (Fsp3) is 0. The van der Waals surface area contributed by atoms with Crippen molar-refractivity contribution in [3.8, 4) is 0 Å². The van der Waals surface area contributed by atoms with Crippen LogP contribution in [0.2, 0.25) is 0 Å². The molecule has 0 saturated carbocycles. The molecule has 11 heteroatoms. The molecule has 11 heavy (non-hydrogen) atoms. The zero-order valence-corrected chi connectivity index (χ0v) is 7.02. The van der Waals surface area contributed by atoms with Gasteiger partial charge in [0.25, 0.3) is 0 Å². The van der Waals surface area contributed by atoms with Crippen LogP contribution in [0.5, 0.6) is 0 Å². The van der Waals surface area contributed by atoms with Gasteiger partial charge < -0.3 is 0 Å². The minimum atomic E-state index is -4.57. The molecule has 0 aromatic rings. The van der Waals surface area contributed by atoms with E-state index in [4.69, 9.17) is 10.5 Å². The van der Waals surface area contributed by atoms with E-state index >= 15 is 0 Å². The van der Waals surface area contributed by atoms with Gasteiger partial charge in [-0.3, -0.25) is 0 Å². The molecule has 0 fully saturated rings. The van der Waals surface area contributed by atoms with E-state index < -0.39 is 26.2 Å². The van der Waals surface area contributed by atoms with E-state index in [9.17, 15) is 16.8 Å². The lowest BCUT2D eigenvalue weighted by atomic mass is 14.9. The normalized spacial score (nSPS) is 11.1. The van der Waals surface area contributed by atoms with Gasteiger partial charge in [0.2, 0.25) is 7.92 Å². The molecule has 0 amide bonds. The predicted octanol–water partition coefficient (Wildman–Crippen LogP) is -1.46. The van der Waals surface area contributed by atoms with Gasteiger partial charge in [0.05, 0.1) is 0 Å². The van der Waals surface area contributed by atoms with Crippen LogP contribution in [-0.2, 0) is 34.9 Å².